The van der Waals surface area contributed by atoms with Crippen molar-refractivity contribution in [2.24, 2.45) is 5.73 Å². The van der Waals surface area contributed by atoms with Crippen LogP contribution in [0.25, 0.3) is 6.08 Å². The maximum atomic E-state index is 13.1. The Morgan fingerprint density at radius 3 is 2.93 bits per heavy atom. The molecule has 1 aromatic heterocycles. The minimum absolute atomic E-state index is 0.0155. The highest BCUT2D eigenvalue weighted by molar-refractivity contribution is 5.91. The Balaban J connectivity index is 3.13. The van der Waals surface area contributed by atoms with Crippen LogP contribution >= 0.6 is 0 Å². The second-order valence-electron chi connectivity index (χ2n) is 2.65. The summed E-state index contributed by atoms with van der Waals surface area (Å²) in [5.74, 6) is -1.80. The second kappa shape index (κ2) is 4.41. The molecule has 6 heteroatoms. The molecule has 5 nitrogen and oxygen atoms in total. The van der Waals surface area contributed by atoms with Crippen molar-refractivity contribution < 1.29 is 19.0 Å². The third-order valence-electron chi connectivity index (χ3n) is 1.63. The van der Waals surface area contributed by atoms with E-state index in [0.29, 0.717) is 0 Å². The number of nitrogens with zero attached hydrogens (tertiary/aromatic N) is 1. The lowest BCUT2D eigenvalue weighted by Gasteiger charge is -2.01. The smallest absolute Gasteiger partial charge is 0.351 e. The summed E-state index contributed by atoms with van der Waals surface area (Å²) in [5.41, 5.74) is 4.70. The number of carboxylic acids is 1. The maximum Gasteiger partial charge on any atom is 0.351 e. The molecular weight excluding hydrogens is 203 g/mol. The largest absolute Gasteiger partial charge is 0.481 e. The molecule has 0 unspecified atom stereocenters. The number of halogens is 1. The Hall–Kier alpha value is -2.11. The van der Waals surface area contributed by atoms with Crippen LogP contribution in [0.2, 0.25) is 0 Å². The average Bonchev–Trinajstić information content (AvgIpc) is 2.21. The van der Waals surface area contributed by atoms with E-state index < -0.39 is 17.5 Å². The fourth-order valence-electron chi connectivity index (χ4n) is 0.886. The van der Waals surface area contributed by atoms with Crippen molar-refractivity contribution in [1.29, 1.82) is 0 Å². The molecule has 0 bridgehead atoms. The molecular formula is C9H9FN2O3. The van der Waals surface area contributed by atoms with Gasteiger partial charge in [-0.3, -0.25) is 0 Å². The van der Waals surface area contributed by atoms with Gasteiger partial charge in [-0.05, 0) is 6.08 Å². The zero-order valence-corrected chi connectivity index (χ0v) is 7.90. The first-order valence-electron chi connectivity index (χ1n) is 3.94. The van der Waals surface area contributed by atoms with Gasteiger partial charge in [-0.2, -0.15) is 0 Å². The number of carboxylic acid groups (broad SMARTS) is 1. The normalized spacial score (nSPS) is 11.2. The number of nitrogens with two attached hydrogens (primary N) is 1. The number of aromatic nitrogens is 1. The molecule has 0 saturated carbocycles. The first kappa shape index (κ1) is 11.0. The molecule has 0 spiro atoms. The molecule has 0 saturated heterocycles. The monoisotopic (exact) mass is 212 g/mol. The number of hydrogen-bond donors (Lipinski definition) is 2. The van der Waals surface area contributed by atoms with Gasteiger partial charge in [0.05, 0.1) is 13.3 Å². The number of aliphatic carboxylic acids is 1. The molecule has 15 heavy (non-hydrogen) atoms. The lowest BCUT2D eigenvalue weighted by Crippen LogP contribution is -2.09. The molecule has 0 aromatic carbocycles. The summed E-state index contributed by atoms with van der Waals surface area (Å²) in [6.45, 7) is 0. The van der Waals surface area contributed by atoms with Crippen molar-refractivity contribution in [2.75, 3.05) is 7.11 Å². The Labute approximate surface area is 85.0 Å². The zero-order chi connectivity index (χ0) is 11.4. The number of pyridine rings is 1. The van der Waals surface area contributed by atoms with Crippen LogP contribution in [-0.2, 0) is 4.79 Å². The summed E-state index contributed by atoms with van der Waals surface area (Å²) in [6, 6.07) is 1.26. The minimum atomic E-state index is -1.31. The number of hydrogen-bond acceptors (Lipinski definition) is 4. The molecule has 1 heterocycles. The fourth-order valence-corrected chi connectivity index (χ4v) is 0.886. The Kier molecular flexibility index (Phi) is 3.22. The summed E-state index contributed by atoms with van der Waals surface area (Å²) in [6.07, 6.45) is 1.93. The standard InChI is InChI=1S/C9H9FN2O3/c1-15-8-3-5(6(10)4-12-8)2-7(11)9(13)14/h2-4H,11H2,1H3,(H,13,14)/b7-2+. The second-order valence-corrected chi connectivity index (χ2v) is 2.65. The van der Waals surface area contributed by atoms with Crippen LogP contribution in [0.5, 0.6) is 5.88 Å². The van der Waals surface area contributed by atoms with Crippen molar-refractivity contribution in [2.45, 2.75) is 0 Å². The molecule has 0 atom stereocenters. The highest BCUT2D eigenvalue weighted by Crippen LogP contribution is 2.15. The lowest BCUT2D eigenvalue weighted by atomic mass is 10.2. The molecule has 1 rings (SSSR count). The van der Waals surface area contributed by atoms with E-state index in [1.165, 1.54) is 13.2 Å². The first-order chi connectivity index (χ1) is 7.04. The van der Waals surface area contributed by atoms with Crippen LogP contribution in [0.4, 0.5) is 4.39 Å². The maximum absolute atomic E-state index is 13.1. The summed E-state index contributed by atoms with van der Waals surface area (Å²) >= 11 is 0. The lowest BCUT2D eigenvalue weighted by molar-refractivity contribution is -0.132. The van der Waals surface area contributed by atoms with Crippen LogP contribution in [0.3, 0.4) is 0 Å². The van der Waals surface area contributed by atoms with Gasteiger partial charge in [-0.15, -0.1) is 0 Å². The molecule has 1 aromatic rings. The van der Waals surface area contributed by atoms with Gasteiger partial charge in [-0.1, -0.05) is 0 Å². The third-order valence-corrected chi connectivity index (χ3v) is 1.63. The quantitative estimate of drug-likeness (QED) is 0.717. The summed E-state index contributed by atoms with van der Waals surface area (Å²) < 4.78 is 17.9. The van der Waals surface area contributed by atoms with Crippen molar-refractivity contribution in [3.05, 3.63) is 29.3 Å². The van der Waals surface area contributed by atoms with Crippen LogP contribution in [0.15, 0.2) is 18.0 Å². The first-order valence-corrected chi connectivity index (χ1v) is 3.94. The van der Waals surface area contributed by atoms with Crippen LogP contribution in [0, 0.1) is 5.82 Å². The molecule has 0 aliphatic rings. The van der Waals surface area contributed by atoms with Crippen LogP contribution in [-0.4, -0.2) is 23.2 Å². The van der Waals surface area contributed by atoms with Gasteiger partial charge in [-0.25, -0.2) is 14.2 Å². The van der Waals surface area contributed by atoms with E-state index in [0.717, 1.165) is 12.3 Å². The van der Waals surface area contributed by atoms with Gasteiger partial charge in [0.15, 0.2) is 0 Å². The van der Waals surface area contributed by atoms with E-state index in [1.54, 1.807) is 0 Å². The van der Waals surface area contributed by atoms with Gasteiger partial charge >= 0.3 is 5.97 Å². The Bertz CT molecular complexity index is 418. The van der Waals surface area contributed by atoms with Gasteiger partial charge in [0.25, 0.3) is 0 Å². The van der Waals surface area contributed by atoms with Crippen LogP contribution in [0.1, 0.15) is 5.56 Å². The summed E-state index contributed by atoms with van der Waals surface area (Å²) in [5, 5.41) is 8.50. The van der Waals surface area contributed by atoms with E-state index in [-0.39, 0.29) is 11.4 Å². The molecule has 0 radical (unpaired) electrons. The van der Waals surface area contributed by atoms with Crippen molar-refractivity contribution in [1.82, 2.24) is 4.98 Å². The van der Waals surface area contributed by atoms with Gasteiger partial charge in [0.2, 0.25) is 5.88 Å². The number of ether oxygens (including phenoxy) is 1. The summed E-state index contributed by atoms with van der Waals surface area (Å²) in [4.78, 5) is 14.0. The van der Waals surface area contributed by atoms with Crippen molar-refractivity contribution >= 4 is 12.0 Å². The Morgan fingerprint density at radius 2 is 2.40 bits per heavy atom. The van der Waals surface area contributed by atoms with E-state index in [1.807, 2.05) is 0 Å². The predicted octanol–water partition coefficient (Wildman–Crippen LogP) is 0.614. The van der Waals surface area contributed by atoms with Crippen molar-refractivity contribution in [3.63, 3.8) is 0 Å². The number of methoxy groups -OCH3 is 1. The minimum Gasteiger partial charge on any atom is -0.481 e. The molecule has 3 N–H and O–H groups in total. The average molecular weight is 212 g/mol. The van der Waals surface area contributed by atoms with Gasteiger partial charge in [0.1, 0.15) is 11.5 Å². The number of rotatable bonds is 3. The SMILES string of the molecule is COc1cc(/C=C(/N)C(=O)O)c(F)cn1. The van der Waals surface area contributed by atoms with E-state index in [4.69, 9.17) is 15.6 Å². The number of carbonyl (C=O) groups is 1. The highest BCUT2D eigenvalue weighted by Gasteiger charge is 2.06. The highest BCUT2D eigenvalue weighted by atomic mass is 19.1. The van der Waals surface area contributed by atoms with Crippen molar-refractivity contribution in [3.8, 4) is 5.88 Å². The van der Waals surface area contributed by atoms with Gasteiger partial charge < -0.3 is 15.6 Å². The molecule has 0 fully saturated rings. The molecule has 80 valence electrons. The van der Waals surface area contributed by atoms with Crippen LogP contribution < -0.4 is 10.5 Å². The third kappa shape index (κ3) is 2.67. The molecule has 0 aliphatic heterocycles. The zero-order valence-electron chi connectivity index (χ0n) is 7.90. The van der Waals surface area contributed by atoms with Gasteiger partial charge in [0, 0.05) is 11.6 Å². The molecule has 0 amide bonds. The van der Waals surface area contributed by atoms with E-state index in [9.17, 15) is 9.18 Å². The predicted molar refractivity (Wildman–Crippen MR) is 50.5 cm³/mol. The van der Waals surface area contributed by atoms with E-state index in [2.05, 4.69) is 4.98 Å². The molecule has 0 aliphatic carbocycles. The fraction of sp³-hybridized carbons (Fsp3) is 0.111. The van der Waals surface area contributed by atoms with E-state index >= 15 is 0 Å². The summed E-state index contributed by atoms with van der Waals surface area (Å²) in [7, 11) is 1.37. The Morgan fingerprint density at radius 1 is 1.73 bits per heavy atom. The topological polar surface area (TPSA) is 85.4 Å².